The van der Waals surface area contributed by atoms with Crippen molar-refractivity contribution in [1.82, 2.24) is 8.10 Å². The Morgan fingerprint density at radius 3 is 2.41 bits per heavy atom. The van der Waals surface area contributed by atoms with Crippen molar-refractivity contribution in [2.45, 2.75) is 85.6 Å². The summed E-state index contributed by atoms with van der Waals surface area (Å²) >= 11 is 2.15. The standard InChI is InChI=1S/C46H54IN3O13/c1-21-12-11-13-22(2)45(57)49-36-40(55)33-32(35-43(36)62-31-20-28(14-15-29(31)48-35)59-19-17-50(9)47)34-42(26(6)39(33)54)63-46(8,44(34)56)60-18-16-30(58-10)23(3)41(61-27(7)51)25(5)38(53)24(4)37(21)52/h11-16,18,20-21,23-25,30,37-38,41,52-54H,17,19H2,1-10H3,(H,49,57)/b12-11+,18-16+,22-13-/t21-,23+,24+,25+,30-,37-,38+,41+,46-/m0/s1. The lowest BCUT2D eigenvalue weighted by molar-refractivity contribution is -0.160. The largest absolute Gasteiger partial charge is 0.507 e. The number of likely N-dealkylation sites (N-methyl/N-ethyl adjacent to an activating group) is 1. The number of Topliss-reactive ketones (excluding diaryl/α,β-unsaturated/α-hetero) is 1. The number of aliphatic hydroxyl groups excluding tert-OH is 2. The molecule has 4 N–H and O–H groups in total. The summed E-state index contributed by atoms with van der Waals surface area (Å²) in [6.45, 7) is 13.6. The number of phenolic OH excluding ortho intramolecular Hbond substituents is 1. The fourth-order valence-electron chi connectivity index (χ4n) is 8.16. The van der Waals surface area contributed by atoms with Gasteiger partial charge in [-0.2, -0.15) is 0 Å². The minimum atomic E-state index is -2.04. The van der Waals surface area contributed by atoms with Crippen LogP contribution in [0.15, 0.2) is 63.6 Å². The van der Waals surface area contributed by atoms with Crippen molar-refractivity contribution in [2.75, 3.05) is 32.6 Å². The maximum atomic E-state index is 14.7. The lowest BCUT2D eigenvalue weighted by Crippen LogP contribution is -2.46. The second-order valence-corrected chi connectivity index (χ2v) is 18.2. The molecule has 0 radical (unpaired) electrons. The molecule has 0 unspecified atom stereocenters. The second kappa shape index (κ2) is 18.9. The first-order chi connectivity index (χ1) is 29.7. The lowest BCUT2D eigenvalue weighted by Gasteiger charge is -2.38. The number of fused-ring (bicyclic) bond motifs is 2. The van der Waals surface area contributed by atoms with Crippen LogP contribution < -0.4 is 20.2 Å². The van der Waals surface area contributed by atoms with Gasteiger partial charge in [-0.15, -0.1) is 0 Å². The first kappa shape index (κ1) is 47.4. The maximum absolute atomic E-state index is 14.7. The number of amides is 1. The monoisotopic (exact) mass is 983 g/mol. The highest BCUT2D eigenvalue weighted by Crippen LogP contribution is 2.50. The third-order valence-corrected chi connectivity index (χ3v) is 12.5. The van der Waals surface area contributed by atoms with E-state index in [1.165, 1.54) is 53.2 Å². The van der Waals surface area contributed by atoms with Crippen LogP contribution in [0.25, 0.3) is 33.3 Å². The van der Waals surface area contributed by atoms with E-state index in [0.29, 0.717) is 24.4 Å². The van der Waals surface area contributed by atoms with Crippen molar-refractivity contribution >= 4 is 68.1 Å². The van der Waals surface area contributed by atoms with Crippen molar-refractivity contribution in [3.05, 3.63) is 75.7 Å². The quantitative estimate of drug-likeness (QED) is 0.0526. The number of rotatable bonds is 6. The van der Waals surface area contributed by atoms with Gasteiger partial charge in [0, 0.05) is 96.6 Å². The third kappa shape index (κ3) is 9.29. The van der Waals surface area contributed by atoms with Crippen molar-refractivity contribution in [2.24, 2.45) is 23.7 Å². The van der Waals surface area contributed by atoms with Gasteiger partial charge in [-0.25, -0.2) is 8.10 Å². The number of benzene rings is 3. The SMILES string of the molecule is CO[C@H]1/C=C/O[C@@]2(C)Oc3c(C)c(O)c4c(=O)c(c5oc6cc(OCCN(C)I)ccc6nc-5c4c3C2=O)NC(=O)/C(C)=C\C=C\[C@H](C)[C@H](O)[C@@H](C)[C@@H](O)[C@@H](C)[C@H](OC(C)=O)[C@@H]1C. The third-order valence-electron chi connectivity index (χ3n) is 12.0. The Morgan fingerprint density at radius 2 is 1.75 bits per heavy atom. The number of nitrogens with one attached hydrogen (secondary N) is 1. The van der Waals surface area contributed by atoms with Crippen LogP contribution in [0.2, 0.25) is 0 Å². The Labute approximate surface area is 378 Å². The molecule has 4 aliphatic rings. The molecule has 338 valence electrons. The van der Waals surface area contributed by atoms with Crippen LogP contribution in [0.1, 0.15) is 64.4 Å². The average Bonchev–Trinajstić information content (AvgIpc) is 3.50. The van der Waals surface area contributed by atoms with Crippen molar-refractivity contribution in [1.29, 1.82) is 0 Å². The number of carbonyl (C=O) groups is 3. The zero-order valence-corrected chi connectivity index (χ0v) is 39.0. The van der Waals surface area contributed by atoms with Gasteiger partial charge in [0.1, 0.15) is 46.9 Å². The number of ketones is 1. The number of hydrogen-bond acceptors (Lipinski definition) is 15. The summed E-state index contributed by atoms with van der Waals surface area (Å²) in [5, 5.41) is 37.0. The number of hydrogen-bond donors (Lipinski definition) is 4. The average molecular weight is 984 g/mol. The number of phenols is 1. The van der Waals surface area contributed by atoms with Crippen LogP contribution in [0, 0.1) is 30.6 Å². The van der Waals surface area contributed by atoms with Crippen molar-refractivity contribution in [3.8, 4) is 28.7 Å². The summed E-state index contributed by atoms with van der Waals surface area (Å²) in [4.78, 5) is 60.5. The van der Waals surface area contributed by atoms with Gasteiger partial charge in [0.05, 0.1) is 35.5 Å². The highest BCUT2D eigenvalue weighted by atomic mass is 127. The number of allylic oxidation sites excluding steroid dienone is 2. The number of esters is 1. The van der Waals surface area contributed by atoms with E-state index in [-0.39, 0.29) is 55.9 Å². The number of halogens is 1. The molecule has 17 heteroatoms. The summed E-state index contributed by atoms with van der Waals surface area (Å²) in [5.41, 5.74) is -0.578. The number of aromatic nitrogens is 1. The van der Waals surface area contributed by atoms with E-state index >= 15 is 0 Å². The Balaban J connectivity index is 1.57. The van der Waals surface area contributed by atoms with Gasteiger partial charge in [-0.3, -0.25) is 19.2 Å². The molecule has 3 aliphatic heterocycles. The molecule has 1 amide bonds. The second-order valence-electron chi connectivity index (χ2n) is 16.5. The van der Waals surface area contributed by atoms with Gasteiger partial charge in [-0.1, -0.05) is 45.9 Å². The highest BCUT2D eigenvalue weighted by molar-refractivity contribution is 14.1. The van der Waals surface area contributed by atoms with Crippen LogP contribution in [0.4, 0.5) is 5.69 Å². The zero-order chi connectivity index (χ0) is 46.2. The summed E-state index contributed by atoms with van der Waals surface area (Å²) in [6, 6.07) is 4.95. The number of methoxy groups -OCH3 is 1. The number of anilines is 1. The fraction of sp³-hybridized carbons (Fsp3) is 0.457. The van der Waals surface area contributed by atoms with Gasteiger partial charge in [-0.05, 0) is 39.1 Å². The summed E-state index contributed by atoms with van der Waals surface area (Å²) in [6.07, 6.45) is 3.58. The summed E-state index contributed by atoms with van der Waals surface area (Å²) < 4.78 is 38.1. The van der Waals surface area contributed by atoms with Crippen molar-refractivity contribution in [3.63, 3.8) is 0 Å². The summed E-state index contributed by atoms with van der Waals surface area (Å²) in [7, 11) is 3.35. The van der Waals surface area contributed by atoms with Gasteiger partial charge in [0.15, 0.2) is 11.3 Å². The summed E-state index contributed by atoms with van der Waals surface area (Å²) in [5.74, 6) is -6.82. The van der Waals surface area contributed by atoms with E-state index in [4.69, 9.17) is 33.1 Å². The predicted octanol–water partition coefficient (Wildman–Crippen LogP) is 6.61. The number of aromatic hydroxyl groups is 1. The molecule has 63 heavy (non-hydrogen) atoms. The zero-order valence-electron chi connectivity index (χ0n) is 36.8. The molecule has 0 saturated heterocycles. The van der Waals surface area contributed by atoms with Gasteiger partial charge in [0.2, 0.25) is 5.43 Å². The van der Waals surface area contributed by atoms with E-state index in [1.54, 1.807) is 58.0 Å². The van der Waals surface area contributed by atoms with Crippen LogP contribution in [0.3, 0.4) is 0 Å². The van der Waals surface area contributed by atoms with Gasteiger partial charge >= 0.3 is 11.8 Å². The molecule has 6 rings (SSSR count). The molecule has 4 bridgehead atoms. The molecule has 0 saturated carbocycles. The van der Waals surface area contributed by atoms with Crippen LogP contribution >= 0.6 is 22.9 Å². The normalized spacial score (nSPS) is 29.0. The Bertz CT molecular complexity index is 2550. The first-order valence-corrected chi connectivity index (χ1v) is 21.6. The fourth-order valence-corrected chi connectivity index (χ4v) is 8.36. The molecule has 0 spiro atoms. The molecular formula is C46H54IN3O13. The predicted molar refractivity (Wildman–Crippen MR) is 243 cm³/mol. The molecule has 0 aromatic heterocycles. The molecule has 2 aromatic rings. The molecule has 3 heterocycles. The minimum Gasteiger partial charge on any atom is -0.507 e. The number of ether oxygens (including phenoxy) is 5. The van der Waals surface area contributed by atoms with E-state index in [1.807, 2.05) is 10.2 Å². The highest BCUT2D eigenvalue weighted by Gasteiger charge is 2.50. The smallest absolute Gasteiger partial charge is 0.312 e. The van der Waals surface area contributed by atoms with Crippen LogP contribution in [0.5, 0.6) is 17.2 Å². The Kier molecular flexibility index (Phi) is 14.3. The van der Waals surface area contributed by atoms with E-state index in [2.05, 4.69) is 28.2 Å². The van der Waals surface area contributed by atoms with Gasteiger partial charge < -0.3 is 48.7 Å². The minimum absolute atomic E-state index is 0.0232. The topological polar surface area (TPSA) is 216 Å². The molecular weight excluding hydrogens is 929 g/mol. The van der Waals surface area contributed by atoms with E-state index in [0.717, 1.165) is 0 Å². The number of aliphatic hydroxyl groups is 2. The van der Waals surface area contributed by atoms with Crippen LogP contribution in [-0.2, 0) is 23.8 Å². The molecule has 9 atom stereocenters. The molecule has 16 nitrogen and oxygen atoms in total. The van der Waals surface area contributed by atoms with Crippen LogP contribution in [-0.4, -0.2) is 98.6 Å². The van der Waals surface area contributed by atoms with Crippen molar-refractivity contribution < 1.29 is 57.8 Å². The van der Waals surface area contributed by atoms with E-state index in [9.17, 15) is 34.5 Å². The van der Waals surface area contributed by atoms with Gasteiger partial charge in [0.25, 0.3) is 11.7 Å². The Hall–Kier alpha value is -5.08. The lowest BCUT2D eigenvalue weighted by atomic mass is 9.78. The maximum Gasteiger partial charge on any atom is 0.312 e. The molecule has 0 fully saturated rings. The number of nitrogens with zero attached hydrogens (tertiary/aromatic N) is 2. The van der Waals surface area contributed by atoms with E-state index < -0.39 is 82.7 Å². The Morgan fingerprint density at radius 1 is 1.03 bits per heavy atom. The first-order valence-electron chi connectivity index (χ1n) is 20.6. The molecule has 1 aliphatic carbocycles. The number of carbonyl (C=O) groups excluding carboxylic acids is 3. The molecule has 2 aromatic carbocycles.